The minimum atomic E-state index is -0.0934. The van der Waals surface area contributed by atoms with Crippen LogP contribution in [-0.4, -0.2) is 0 Å². The van der Waals surface area contributed by atoms with E-state index in [4.69, 9.17) is 0 Å². The van der Waals surface area contributed by atoms with Crippen molar-refractivity contribution in [2.75, 3.05) is 4.90 Å². The van der Waals surface area contributed by atoms with Gasteiger partial charge < -0.3 is 4.90 Å². The molecule has 0 saturated heterocycles. The topological polar surface area (TPSA) is 3.24 Å². The van der Waals surface area contributed by atoms with Crippen LogP contribution < -0.4 is 4.90 Å². The molecular formula is C57H57NS. The highest BCUT2D eigenvalue weighted by Crippen LogP contribution is 2.70. The minimum absolute atomic E-state index is 0.0226. The van der Waals surface area contributed by atoms with Gasteiger partial charge in [0.25, 0.3) is 0 Å². The van der Waals surface area contributed by atoms with Crippen LogP contribution in [0, 0.1) is 23.7 Å². The molecule has 4 bridgehead atoms. The van der Waals surface area contributed by atoms with Gasteiger partial charge in [0.15, 0.2) is 0 Å². The van der Waals surface area contributed by atoms with E-state index >= 15 is 0 Å². The van der Waals surface area contributed by atoms with E-state index in [-0.39, 0.29) is 21.7 Å². The second-order valence-corrected chi connectivity index (χ2v) is 22.2. The van der Waals surface area contributed by atoms with Crippen LogP contribution in [-0.2, 0) is 21.7 Å². The summed E-state index contributed by atoms with van der Waals surface area (Å²) < 4.78 is 0. The summed E-state index contributed by atoms with van der Waals surface area (Å²) in [6.45, 7) is 14.8. The molecule has 59 heavy (non-hydrogen) atoms. The van der Waals surface area contributed by atoms with Gasteiger partial charge >= 0.3 is 0 Å². The van der Waals surface area contributed by atoms with Crippen LogP contribution >= 0.6 is 11.8 Å². The summed E-state index contributed by atoms with van der Waals surface area (Å²) in [5, 5.41) is 0. The summed E-state index contributed by atoms with van der Waals surface area (Å²) in [5.74, 6) is 3.13. The van der Waals surface area contributed by atoms with Crippen LogP contribution in [0.3, 0.4) is 0 Å². The average molecular weight is 788 g/mol. The van der Waals surface area contributed by atoms with Crippen molar-refractivity contribution >= 4 is 28.8 Å². The molecule has 13 rings (SSSR count). The lowest BCUT2D eigenvalue weighted by Gasteiger charge is -2.63. The van der Waals surface area contributed by atoms with E-state index in [0.29, 0.717) is 11.8 Å². The molecule has 1 spiro atoms. The fourth-order valence-corrected chi connectivity index (χ4v) is 15.6. The summed E-state index contributed by atoms with van der Waals surface area (Å²) in [6.07, 6.45) is 9.32. The minimum Gasteiger partial charge on any atom is -0.309 e. The van der Waals surface area contributed by atoms with Gasteiger partial charge in [-0.25, -0.2) is 0 Å². The molecule has 1 nitrogen and oxygen atoms in total. The fraction of sp³-hybridized carbons (Fsp3) is 0.368. The van der Waals surface area contributed by atoms with Gasteiger partial charge in [-0.05, 0) is 159 Å². The molecule has 2 heteroatoms. The molecule has 0 amide bonds. The van der Waals surface area contributed by atoms with Crippen LogP contribution in [0.5, 0.6) is 0 Å². The molecule has 0 aromatic heterocycles. The Labute approximate surface area is 356 Å². The Morgan fingerprint density at radius 1 is 0.475 bits per heavy atom. The Hall–Kier alpha value is -4.53. The number of hydrogen-bond donors (Lipinski definition) is 0. The predicted molar refractivity (Wildman–Crippen MR) is 248 cm³/mol. The highest BCUT2D eigenvalue weighted by molar-refractivity contribution is 7.99. The number of anilines is 3. The summed E-state index contributed by atoms with van der Waals surface area (Å²) in [4.78, 5) is 5.71. The second-order valence-electron chi connectivity index (χ2n) is 21.2. The lowest BCUT2D eigenvalue weighted by Crippen LogP contribution is -2.57. The molecule has 1 heterocycles. The molecule has 6 aromatic rings. The van der Waals surface area contributed by atoms with E-state index in [0.717, 1.165) is 11.8 Å². The molecule has 4 fully saturated rings. The van der Waals surface area contributed by atoms with E-state index in [9.17, 15) is 0 Å². The molecule has 0 atom stereocenters. The van der Waals surface area contributed by atoms with Crippen LogP contribution in [0.25, 0.3) is 22.3 Å². The summed E-state index contributed by atoms with van der Waals surface area (Å²) in [7, 11) is 0. The van der Waals surface area contributed by atoms with Gasteiger partial charge in [0.2, 0.25) is 0 Å². The number of hydrogen-bond acceptors (Lipinski definition) is 2. The first-order chi connectivity index (χ1) is 28.5. The molecule has 4 saturated carbocycles. The highest BCUT2D eigenvalue weighted by Gasteiger charge is 2.61. The predicted octanol–water partition coefficient (Wildman–Crippen LogP) is 15.7. The number of rotatable bonds is 4. The zero-order chi connectivity index (χ0) is 40.1. The summed E-state index contributed by atoms with van der Waals surface area (Å²) in [5.41, 5.74) is 18.6. The van der Waals surface area contributed by atoms with Gasteiger partial charge in [-0.3, -0.25) is 0 Å². The van der Waals surface area contributed by atoms with Crippen molar-refractivity contribution in [3.8, 4) is 22.3 Å². The van der Waals surface area contributed by atoms with E-state index in [1.54, 1.807) is 11.1 Å². The monoisotopic (exact) mass is 787 g/mol. The van der Waals surface area contributed by atoms with Crippen molar-refractivity contribution in [1.29, 1.82) is 0 Å². The first kappa shape index (κ1) is 36.3. The molecule has 0 radical (unpaired) electrons. The largest absolute Gasteiger partial charge is 0.309 e. The lowest BCUT2D eigenvalue weighted by molar-refractivity contribution is -0.0443. The third-order valence-corrected chi connectivity index (χ3v) is 18.0. The van der Waals surface area contributed by atoms with E-state index in [2.05, 4.69) is 186 Å². The van der Waals surface area contributed by atoms with E-state index in [1.807, 2.05) is 0 Å². The molecule has 0 N–H and O–H groups in total. The molecule has 296 valence electrons. The highest BCUT2D eigenvalue weighted by atomic mass is 32.2. The smallest absolute Gasteiger partial charge is 0.0604 e. The van der Waals surface area contributed by atoms with E-state index in [1.165, 1.54) is 116 Å². The maximum absolute atomic E-state index is 2.74. The lowest BCUT2D eigenvalue weighted by atomic mass is 9.42. The van der Waals surface area contributed by atoms with Crippen molar-refractivity contribution in [1.82, 2.24) is 0 Å². The Kier molecular flexibility index (Phi) is 7.70. The van der Waals surface area contributed by atoms with Gasteiger partial charge in [0.05, 0.1) is 11.4 Å². The van der Waals surface area contributed by atoms with Crippen molar-refractivity contribution in [3.63, 3.8) is 0 Å². The fourth-order valence-electron chi connectivity index (χ4n) is 14.1. The Balaban J connectivity index is 1.15. The molecule has 6 aromatic carbocycles. The van der Waals surface area contributed by atoms with Gasteiger partial charge in [-0.15, -0.1) is 0 Å². The summed E-state index contributed by atoms with van der Waals surface area (Å²) >= 11 is 2.08. The van der Waals surface area contributed by atoms with Gasteiger partial charge in [0, 0.05) is 26.3 Å². The van der Waals surface area contributed by atoms with Crippen LogP contribution in [0.2, 0.25) is 0 Å². The van der Waals surface area contributed by atoms with E-state index < -0.39 is 0 Å². The first-order valence-corrected chi connectivity index (χ1v) is 23.5. The Morgan fingerprint density at radius 3 is 1.80 bits per heavy atom. The SMILES string of the molecule is CC1(C)CCC(C)(C)c2c(N(c3ccc4c(c3)C(C)(C)c3ccccc3-4)c3cccc4c3Sc3c(-c5ccccc5)cccc3C43C4CC5CC(C4)CC3C5)cccc21. The average Bonchev–Trinajstić information content (AvgIpc) is 3.46. The van der Waals surface area contributed by atoms with Gasteiger partial charge in [-0.1, -0.05) is 156 Å². The van der Waals surface area contributed by atoms with Crippen molar-refractivity contribution in [3.05, 3.63) is 161 Å². The maximum Gasteiger partial charge on any atom is 0.0604 e. The molecule has 1 aliphatic heterocycles. The van der Waals surface area contributed by atoms with Gasteiger partial charge in [-0.2, -0.15) is 0 Å². The number of benzene rings is 6. The second kappa shape index (κ2) is 12.5. The standard InChI is InChI=1S/C57H57NS/c1-54(2)27-28-55(3,4)51-45(54)20-13-23-49(51)58(40-25-26-43-42-17-10-11-19-44(42)56(5,6)48(43)34-40)50-24-14-22-47-53(50)59-52-41(37-15-8-7-9-16-37)18-12-21-46(52)57(47)38-30-35-29-36(32-38)33-39(57)31-35/h7-26,34-36,38-39H,27-33H2,1-6H3. The van der Waals surface area contributed by atoms with Crippen LogP contribution in [0.1, 0.15) is 120 Å². The molecule has 7 aliphatic rings. The van der Waals surface area contributed by atoms with Crippen LogP contribution in [0.15, 0.2) is 137 Å². The first-order valence-electron chi connectivity index (χ1n) is 22.7. The zero-order valence-corrected chi connectivity index (χ0v) is 36.6. The van der Waals surface area contributed by atoms with Crippen molar-refractivity contribution < 1.29 is 0 Å². The third kappa shape index (κ3) is 4.99. The van der Waals surface area contributed by atoms with Crippen molar-refractivity contribution in [2.45, 2.75) is 118 Å². The molecule has 6 aliphatic carbocycles. The molecule has 0 unspecified atom stereocenters. The van der Waals surface area contributed by atoms with Crippen LogP contribution in [0.4, 0.5) is 17.1 Å². The number of fused-ring (bicyclic) bond motifs is 6. The maximum atomic E-state index is 2.74. The molecular weight excluding hydrogens is 731 g/mol. The normalized spacial score (nSPS) is 26.7. The summed E-state index contributed by atoms with van der Waals surface area (Å²) in [6, 6.07) is 50.0. The zero-order valence-electron chi connectivity index (χ0n) is 35.7. The Bertz CT molecular complexity index is 2670. The quantitative estimate of drug-likeness (QED) is 0.175. The number of nitrogens with zero attached hydrogens (tertiary/aromatic N) is 1. The Morgan fingerprint density at radius 2 is 1.05 bits per heavy atom. The third-order valence-electron chi connectivity index (χ3n) is 16.7. The van der Waals surface area contributed by atoms with Gasteiger partial charge in [0.1, 0.15) is 0 Å². The van der Waals surface area contributed by atoms with Crippen molar-refractivity contribution in [2.24, 2.45) is 23.7 Å².